The number of nitrogens with zero attached hydrogens (tertiary/aromatic N) is 4. The lowest BCUT2D eigenvalue weighted by Gasteiger charge is -2.26. The zero-order chi connectivity index (χ0) is 44.6. The molecule has 0 bridgehead atoms. The molecule has 4 heterocycles. The average molecular weight is 861 g/mol. The molecule has 318 valence electrons. The Kier molecular flexibility index (Phi) is 7.87. The molecule has 0 radical (unpaired) electrons. The number of hydrogen-bond acceptors (Lipinski definition) is 3. The summed E-state index contributed by atoms with van der Waals surface area (Å²) in [4.78, 5) is 10.3. The fourth-order valence-electron chi connectivity index (χ4n) is 11.7. The van der Waals surface area contributed by atoms with E-state index in [1.165, 1.54) is 54.8 Å². The third-order valence-electron chi connectivity index (χ3n) is 15.0. The van der Waals surface area contributed by atoms with Gasteiger partial charge in [0.2, 0.25) is 0 Å². The Morgan fingerprint density at radius 2 is 1.15 bits per heavy atom. The Labute approximate surface area is 387 Å². The van der Waals surface area contributed by atoms with Gasteiger partial charge in [-0.2, -0.15) is 0 Å². The summed E-state index contributed by atoms with van der Waals surface area (Å²) in [6.07, 6.45) is 8.54. The summed E-state index contributed by atoms with van der Waals surface area (Å²) in [5.41, 5.74) is 17.0. The molecular formula is C62H44N4O. The fraction of sp³-hybridized carbons (Fsp3) is 0.0968. The molecule has 8 aromatic carbocycles. The van der Waals surface area contributed by atoms with Gasteiger partial charge in [-0.3, -0.25) is 0 Å². The van der Waals surface area contributed by atoms with E-state index in [9.17, 15) is 0 Å². The van der Waals surface area contributed by atoms with Crippen molar-refractivity contribution < 1.29 is 4.42 Å². The highest BCUT2D eigenvalue weighted by Crippen LogP contribution is 2.68. The molecule has 5 nitrogen and oxygen atoms in total. The lowest BCUT2D eigenvalue weighted by Crippen LogP contribution is -2.23. The summed E-state index contributed by atoms with van der Waals surface area (Å²) >= 11 is 0. The van der Waals surface area contributed by atoms with Crippen molar-refractivity contribution in [2.24, 2.45) is 5.41 Å². The van der Waals surface area contributed by atoms with Gasteiger partial charge in [-0.25, -0.2) is 9.97 Å². The molecule has 0 unspecified atom stereocenters. The van der Waals surface area contributed by atoms with Crippen LogP contribution in [0.1, 0.15) is 30.0 Å². The topological polar surface area (TPSA) is 48.8 Å². The van der Waals surface area contributed by atoms with Gasteiger partial charge in [0.05, 0.1) is 28.0 Å². The van der Waals surface area contributed by atoms with Gasteiger partial charge in [0.25, 0.3) is 0 Å². The summed E-state index contributed by atoms with van der Waals surface area (Å²) in [5.74, 6) is 0.694. The molecule has 0 spiro atoms. The smallest absolute Gasteiger partial charge is 0.160 e. The van der Waals surface area contributed by atoms with Crippen LogP contribution in [0.4, 0.5) is 0 Å². The summed E-state index contributed by atoms with van der Waals surface area (Å²) < 4.78 is 12.1. The molecule has 0 aliphatic heterocycles. The van der Waals surface area contributed by atoms with Crippen LogP contribution in [0, 0.1) is 19.3 Å². The van der Waals surface area contributed by atoms with E-state index in [1.807, 2.05) is 24.3 Å². The van der Waals surface area contributed by atoms with Gasteiger partial charge in [0.1, 0.15) is 5.58 Å². The van der Waals surface area contributed by atoms with Crippen LogP contribution in [-0.2, 0) is 5.54 Å². The molecule has 1 saturated carbocycles. The van der Waals surface area contributed by atoms with Crippen LogP contribution in [0.3, 0.4) is 0 Å². The molecule has 1 fully saturated rings. The Balaban J connectivity index is 1.01. The number of para-hydroxylation sites is 2. The molecule has 0 amide bonds. The van der Waals surface area contributed by atoms with Crippen LogP contribution in [0.25, 0.3) is 111 Å². The van der Waals surface area contributed by atoms with Crippen molar-refractivity contribution in [1.82, 2.24) is 19.1 Å². The van der Waals surface area contributed by atoms with Gasteiger partial charge >= 0.3 is 0 Å². The van der Waals surface area contributed by atoms with Crippen LogP contribution < -0.4 is 0 Å². The molecular weight excluding hydrogens is 817 g/mol. The fourth-order valence-corrected chi connectivity index (χ4v) is 11.7. The zero-order valence-electron chi connectivity index (χ0n) is 37.5. The van der Waals surface area contributed by atoms with Gasteiger partial charge in [-0.15, -0.1) is 0 Å². The van der Waals surface area contributed by atoms with Crippen molar-refractivity contribution in [2.75, 3.05) is 0 Å². The summed E-state index contributed by atoms with van der Waals surface area (Å²) in [5, 5.41) is 7.32. The second kappa shape index (κ2) is 13.9. The van der Waals surface area contributed by atoms with Gasteiger partial charge < -0.3 is 13.6 Å². The van der Waals surface area contributed by atoms with Crippen molar-refractivity contribution in [2.45, 2.75) is 32.7 Å². The largest absolute Gasteiger partial charge is 0.454 e. The number of furan rings is 1. The van der Waals surface area contributed by atoms with E-state index in [-0.39, 0.29) is 11.0 Å². The molecule has 12 aromatic rings. The monoisotopic (exact) mass is 860 g/mol. The minimum atomic E-state index is -0.173. The maximum absolute atomic E-state index is 7.08. The van der Waals surface area contributed by atoms with Crippen LogP contribution in [0.2, 0.25) is 0 Å². The lowest BCUT2D eigenvalue weighted by atomic mass is 9.86. The first-order chi connectivity index (χ1) is 32.9. The van der Waals surface area contributed by atoms with Crippen molar-refractivity contribution in [3.05, 3.63) is 217 Å². The SMILES string of the molecule is Cc1cccc2oc3c(cc(C4=C[C@@]5(C)C[C@@]5(n5c6ccccc6c6ccccc65)C=C4)c4c5c(C)cccc5n(-c5cccc(-c6cc(-c7ccccc7)nc(-c7ccccc7)n6)c5)c34)c12. The minimum absolute atomic E-state index is 0.103. The van der Waals surface area contributed by atoms with Crippen molar-refractivity contribution in [1.29, 1.82) is 0 Å². The number of rotatable bonds is 6. The zero-order valence-corrected chi connectivity index (χ0v) is 37.5. The van der Waals surface area contributed by atoms with E-state index >= 15 is 0 Å². The molecule has 2 aliphatic rings. The molecule has 0 saturated heterocycles. The molecule has 2 atom stereocenters. The number of aryl methyl sites for hydroxylation is 2. The highest BCUT2D eigenvalue weighted by Gasteiger charge is 2.64. The van der Waals surface area contributed by atoms with Crippen molar-refractivity contribution in [3.8, 4) is 39.6 Å². The second-order valence-corrected chi connectivity index (χ2v) is 18.9. The standard InChI is InChI=1S/C62H44N4O/c1-38-18-15-30-54-55(38)48-34-47(43-31-32-62(37-61(62,3)36-43)66-51-27-12-10-25-45(51)46-26-11-13-28-52(46)66)57-56-39(2)17-14-29-53(56)65(58(57)59(48)67-54)44-24-16-23-42(33-44)50-35-49(40-19-6-4-7-20-40)63-60(64-50)41-21-8-5-9-22-41/h4-36H,37H2,1-3H3/t61-,62-/m0/s1. The van der Waals surface area contributed by atoms with Crippen LogP contribution >= 0.6 is 0 Å². The third-order valence-corrected chi connectivity index (χ3v) is 15.0. The summed E-state index contributed by atoms with van der Waals surface area (Å²) in [6, 6.07) is 64.9. The Bertz CT molecular complexity index is 4000. The van der Waals surface area contributed by atoms with Crippen molar-refractivity contribution >= 4 is 71.1 Å². The lowest BCUT2D eigenvalue weighted by molar-refractivity contribution is 0.508. The van der Waals surface area contributed by atoms with E-state index in [2.05, 4.69) is 206 Å². The summed E-state index contributed by atoms with van der Waals surface area (Å²) in [7, 11) is 0. The number of allylic oxidation sites excluding steroid dienone is 4. The highest BCUT2D eigenvalue weighted by atomic mass is 16.3. The minimum Gasteiger partial charge on any atom is -0.454 e. The summed E-state index contributed by atoms with van der Waals surface area (Å²) in [6.45, 7) is 6.90. The normalized spacial score (nSPS) is 17.9. The maximum atomic E-state index is 7.08. The quantitative estimate of drug-likeness (QED) is 0.167. The predicted octanol–water partition coefficient (Wildman–Crippen LogP) is 16.0. The van der Waals surface area contributed by atoms with Gasteiger partial charge in [0, 0.05) is 71.1 Å². The number of hydrogen-bond donors (Lipinski definition) is 0. The number of fused-ring (bicyclic) bond motifs is 11. The Morgan fingerprint density at radius 1 is 0.537 bits per heavy atom. The number of benzene rings is 8. The first-order valence-corrected chi connectivity index (χ1v) is 23.3. The van der Waals surface area contributed by atoms with Gasteiger partial charge in [-0.05, 0) is 91.1 Å². The molecule has 5 heteroatoms. The highest BCUT2D eigenvalue weighted by molar-refractivity contribution is 6.26. The third kappa shape index (κ3) is 5.43. The first-order valence-electron chi connectivity index (χ1n) is 23.3. The van der Waals surface area contributed by atoms with Gasteiger partial charge in [0.15, 0.2) is 11.4 Å². The van der Waals surface area contributed by atoms with Crippen LogP contribution in [0.15, 0.2) is 205 Å². The van der Waals surface area contributed by atoms with E-state index in [1.54, 1.807) is 0 Å². The average Bonchev–Trinajstić information content (AvgIpc) is 3.62. The maximum Gasteiger partial charge on any atom is 0.160 e. The van der Waals surface area contributed by atoms with Crippen LogP contribution in [0.5, 0.6) is 0 Å². The van der Waals surface area contributed by atoms with Crippen LogP contribution in [-0.4, -0.2) is 19.1 Å². The van der Waals surface area contributed by atoms with E-state index in [0.29, 0.717) is 5.82 Å². The molecule has 14 rings (SSSR count). The number of aromatic nitrogens is 4. The second-order valence-electron chi connectivity index (χ2n) is 18.9. The first kappa shape index (κ1) is 38.0. The molecule has 4 aromatic heterocycles. The van der Waals surface area contributed by atoms with Crippen molar-refractivity contribution in [3.63, 3.8) is 0 Å². The molecule has 0 N–H and O–H groups in total. The van der Waals surface area contributed by atoms with E-state index in [4.69, 9.17) is 14.4 Å². The predicted molar refractivity (Wildman–Crippen MR) is 277 cm³/mol. The van der Waals surface area contributed by atoms with E-state index in [0.717, 1.165) is 73.2 Å². The molecule has 2 aliphatic carbocycles. The Hall–Kier alpha value is -8.28. The molecule has 67 heavy (non-hydrogen) atoms. The van der Waals surface area contributed by atoms with E-state index < -0.39 is 0 Å². The Morgan fingerprint density at radius 3 is 1.88 bits per heavy atom. The van der Waals surface area contributed by atoms with Gasteiger partial charge in [-0.1, -0.05) is 159 Å².